The van der Waals surface area contributed by atoms with Gasteiger partial charge in [-0.2, -0.15) is 5.10 Å². The van der Waals surface area contributed by atoms with Crippen molar-refractivity contribution in [3.63, 3.8) is 0 Å². The molecule has 0 fully saturated rings. The highest BCUT2D eigenvalue weighted by atomic mass is 15.3. The molecule has 1 aliphatic rings. The lowest BCUT2D eigenvalue weighted by atomic mass is 10.1. The first-order chi connectivity index (χ1) is 13.6. The molecule has 1 aromatic heterocycles. The van der Waals surface area contributed by atoms with E-state index in [0.717, 1.165) is 18.7 Å². The molecule has 1 aliphatic carbocycles. The smallest absolute Gasteiger partial charge is 0.0719 e. The van der Waals surface area contributed by atoms with E-state index in [-0.39, 0.29) is 0 Å². The van der Waals surface area contributed by atoms with Crippen molar-refractivity contribution < 1.29 is 0 Å². The molecule has 1 heterocycles. The molecule has 0 aromatic carbocycles. The Bertz CT molecular complexity index is 567. The second-order valence-electron chi connectivity index (χ2n) is 7.08. The van der Waals surface area contributed by atoms with Crippen molar-refractivity contribution in [1.29, 1.82) is 0 Å². The Hall–Kier alpha value is -2.01. The highest BCUT2D eigenvalue weighted by Crippen LogP contribution is 2.15. The van der Waals surface area contributed by atoms with E-state index in [2.05, 4.69) is 44.1 Å². The van der Waals surface area contributed by atoms with E-state index in [1.807, 2.05) is 6.08 Å². The van der Waals surface area contributed by atoms with E-state index in [9.17, 15) is 0 Å². The molecule has 0 spiro atoms. The number of hydrogen-bond acceptors (Lipinski definition) is 4. The number of allylic oxidation sites excluding steroid dienone is 5. The van der Waals surface area contributed by atoms with E-state index in [4.69, 9.17) is 17.2 Å². The Morgan fingerprint density at radius 2 is 1.68 bits per heavy atom. The summed E-state index contributed by atoms with van der Waals surface area (Å²) in [5.74, 6) is 0. The number of nitrogens with two attached hydrogens (primary N) is 3. The van der Waals surface area contributed by atoms with Gasteiger partial charge in [0.25, 0.3) is 0 Å². The van der Waals surface area contributed by atoms with Crippen LogP contribution in [0, 0.1) is 0 Å². The molecule has 0 radical (unpaired) electrons. The molecule has 0 saturated heterocycles. The first-order valence-electron chi connectivity index (χ1n) is 10.9. The third kappa shape index (κ3) is 15.1. The summed E-state index contributed by atoms with van der Waals surface area (Å²) in [6.45, 7) is 8.00. The maximum Gasteiger partial charge on any atom is 0.0719 e. The number of unbranched alkanes of at least 4 members (excludes halogenated alkanes) is 5. The molecule has 160 valence electrons. The molecule has 0 aliphatic heterocycles. The van der Waals surface area contributed by atoms with Gasteiger partial charge in [-0.3, -0.25) is 4.68 Å². The van der Waals surface area contributed by atoms with Gasteiger partial charge >= 0.3 is 0 Å². The van der Waals surface area contributed by atoms with Crippen LogP contribution in [0.2, 0.25) is 0 Å². The summed E-state index contributed by atoms with van der Waals surface area (Å²) in [6.07, 6.45) is 23.4. The zero-order chi connectivity index (χ0) is 21.0. The number of hydrogen-bond donors (Lipinski definition) is 3. The Balaban J connectivity index is 0.000000445. The van der Waals surface area contributed by atoms with Crippen molar-refractivity contribution in [1.82, 2.24) is 9.78 Å². The van der Waals surface area contributed by atoms with Crippen molar-refractivity contribution in [3.05, 3.63) is 48.0 Å². The minimum absolute atomic E-state index is 0.598. The molecular formula is C23H43N5. The average Bonchev–Trinajstić information content (AvgIpc) is 2.97. The van der Waals surface area contributed by atoms with Crippen molar-refractivity contribution in [3.8, 4) is 0 Å². The molecule has 0 bridgehead atoms. The van der Waals surface area contributed by atoms with Crippen LogP contribution in [-0.4, -0.2) is 16.3 Å². The van der Waals surface area contributed by atoms with Gasteiger partial charge in [0.1, 0.15) is 0 Å². The lowest BCUT2D eigenvalue weighted by molar-refractivity contribution is 0.625. The quantitative estimate of drug-likeness (QED) is 0.499. The molecule has 28 heavy (non-hydrogen) atoms. The average molecular weight is 390 g/mol. The fraction of sp³-hybridized carbons (Fsp3) is 0.609. The van der Waals surface area contributed by atoms with Gasteiger partial charge in [0, 0.05) is 24.9 Å². The molecular weight excluding hydrogens is 346 g/mol. The third-order valence-corrected chi connectivity index (χ3v) is 4.23. The van der Waals surface area contributed by atoms with E-state index in [0.29, 0.717) is 12.2 Å². The number of nitrogens with zero attached hydrogens (tertiary/aromatic N) is 2. The van der Waals surface area contributed by atoms with Crippen LogP contribution in [0.25, 0.3) is 0 Å². The largest absolute Gasteiger partial charge is 0.402 e. The molecule has 0 amide bonds. The van der Waals surface area contributed by atoms with Gasteiger partial charge in [0.15, 0.2) is 0 Å². The van der Waals surface area contributed by atoms with Crippen LogP contribution in [0.15, 0.2) is 48.0 Å². The Morgan fingerprint density at radius 1 is 0.964 bits per heavy atom. The minimum Gasteiger partial charge on any atom is -0.402 e. The second kappa shape index (κ2) is 18.4. The number of nitrogen functional groups attached to an aromatic ring is 1. The Kier molecular flexibility index (Phi) is 17.0. The monoisotopic (exact) mass is 389 g/mol. The van der Waals surface area contributed by atoms with Gasteiger partial charge in [-0.25, -0.2) is 0 Å². The maximum atomic E-state index is 5.74. The summed E-state index contributed by atoms with van der Waals surface area (Å²) >= 11 is 0. The SMILES string of the molecule is CCCCC.CCCCCCC1=CC=C(N)CC=C1.NCCn1cc(N)cn1. The summed E-state index contributed by atoms with van der Waals surface area (Å²) in [5.41, 5.74) is 19.5. The van der Waals surface area contributed by atoms with E-state index >= 15 is 0 Å². The van der Waals surface area contributed by atoms with Crippen LogP contribution in [0.1, 0.15) is 78.6 Å². The zero-order valence-electron chi connectivity index (χ0n) is 18.4. The predicted octanol–water partition coefficient (Wildman–Crippen LogP) is 5.31. The minimum atomic E-state index is 0.598. The fourth-order valence-corrected chi connectivity index (χ4v) is 2.59. The fourth-order valence-electron chi connectivity index (χ4n) is 2.59. The van der Waals surface area contributed by atoms with Gasteiger partial charge < -0.3 is 17.2 Å². The molecule has 0 unspecified atom stereocenters. The van der Waals surface area contributed by atoms with Crippen LogP contribution >= 0.6 is 0 Å². The summed E-state index contributed by atoms with van der Waals surface area (Å²) in [5, 5.41) is 3.92. The van der Waals surface area contributed by atoms with E-state index < -0.39 is 0 Å². The zero-order valence-corrected chi connectivity index (χ0v) is 18.4. The lowest BCUT2D eigenvalue weighted by Crippen LogP contribution is -2.09. The highest BCUT2D eigenvalue weighted by Gasteiger charge is 1.96. The molecule has 1 aromatic rings. The molecule has 5 nitrogen and oxygen atoms in total. The first kappa shape index (κ1) is 26.0. The Labute approximate surface area is 172 Å². The van der Waals surface area contributed by atoms with Gasteiger partial charge in [-0.1, -0.05) is 77.5 Å². The second-order valence-corrected chi connectivity index (χ2v) is 7.08. The van der Waals surface area contributed by atoms with E-state index in [1.165, 1.54) is 56.9 Å². The van der Waals surface area contributed by atoms with Crippen molar-refractivity contribution >= 4 is 5.69 Å². The summed E-state index contributed by atoms with van der Waals surface area (Å²) in [7, 11) is 0. The number of aromatic nitrogens is 2. The lowest BCUT2D eigenvalue weighted by Gasteiger charge is -2.00. The summed E-state index contributed by atoms with van der Waals surface area (Å²) < 4.78 is 1.72. The van der Waals surface area contributed by atoms with Gasteiger partial charge in [0.05, 0.1) is 18.4 Å². The Morgan fingerprint density at radius 3 is 2.21 bits per heavy atom. The van der Waals surface area contributed by atoms with Crippen molar-refractivity contribution in [2.45, 2.75) is 85.1 Å². The van der Waals surface area contributed by atoms with E-state index in [1.54, 1.807) is 17.1 Å². The topological polar surface area (TPSA) is 95.9 Å². The molecule has 5 heteroatoms. The normalized spacial score (nSPS) is 12.7. The molecule has 0 saturated carbocycles. The van der Waals surface area contributed by atoms with Crippen LogP contribution < -0.4 is 17.2 Å². The van der Waals surface area contributed by atoms with Crippen LogP contribution in [-0.2, 0) is 6.54 Å². The molecule has 0 atom stereocenters. The number of anilines is 1. The van der Waals surface area contributed by atoms with Gasteiger partial charge in [0.2, 0.25) is 0 Å². The van der Waals surface area contributed by atoms with Crippen molar-refractivity contribution in [2.75, 3.05) is 12.3 Å². The first-order valence-corrected chi connectivity index (χ1v) is 10.9. The van der Waals surface area contributed by atoms with Crippen LogP contribution in [0.4, 0.5) is 5.69 Å². The maximum absolute atomic E-state index is 5.74. The standard InChI is InChI=1S/C13H21N.C5H10N4.C5H12/c1-2-3-4-5-7-12-8-6-9-13(14)11-10-12;6-1-2-9-4-5(7)3-8-9;1-3-5-4-2/h6,8,10-11H,2-5,7,9,14H2,1H3;3-4H,1-2,6-7H2;3-5H2,1-2H3. The number of rotatable bonds is 9. The molecule has 2 rings (SSSR count). The summed E-state index contributed by atoms with van der Waals surface area (Å²) in [6, 6.07) is 0. The van der Waals surface area contributed by atoms with Gasteiger partial charge in [-0.15, -0.1) is 0 Å². The third-order valence-electron chi connectivity index (χ3n) is 4.23. The van der Waals surface area contributed by atoms with Crippen LogP contribution in [0.5, 0.6) is 0 Å². The predicted molar refractivity (Wildman–Crippen MR) is 124 cm³/mol. The molecule has 6 N–H and O–H groups in total. The summed E-state index contributed by atoms with van der Waals surface area (Å²) in [4.78, 5) is 0. The highest BCUT2D eigenvalue weighted by molar-refractivity contribution is 5.30. The van der Waals surface area contributed by atoms with Gasteiger partial charge in [-0.05, 0) is 24.5 Å². The van der Waals surface area contributed by atoms with Crippen LogP contribution in [0.3, 0.4) is 0 Å². The van der Waals surface area contributed by atoms with Crippen molar-refractivity contribution in [2.24, 2.45) is 11.5 Å².